The molecule has 1 aromatic carbocycles. The van der Waals surface area contributed by atoms with Gasteiger partial charge >= 0.3 is 12.3 Å². The second kappa shape index (κ2) is 8.96. The van der Waals surface area contributed by atoms with Crippen molar-refractivity contribution in [3.05, 3.63) is 29.8 Å². The summed E-state index contributed by atoms with van der Waals surface area (Å²) in [6.07, 6.45) is -3.34. The molecule has 27 heavy (non-hydrogen) atoms. The molecule has 0 aromatic heterocycles. The van der Waals surface area contributed by atoms with E-state index in [-0.39, 0.29) is 24.9 Å². The number of nitrogens with zero attached hydrogens (tertiary/aromatic N) is 2. The van der Waals surface area contributed by atoms with Crippen LogP contribution in [0.2, 0.25) is 0 Å². The number of hydrogen-bond donors (Lipinski definition) is 2. The number of likely N-dealkylation sites (N-methyl/N-ethyl adjacent to an activating group) is 1. The van der Waals surface area contributed by atoms with Crippen LogP contribution in [0.1, 0.15) is 24.8 Å². The number of benzene rings is 1. The van der Waals surface area contributed by atoms with Crippen LogP contribution in [0.15, 0.2) is 24.3 Å². The normalized spacial score (nSPS) is 15.5. The third kappa shape index (κ3) is 6.04. The van der Waals surface area contributed by atoms with E-state index in [1.165, 1.54) is 13.1 Å². The zero-order chi connectivity index (χ0) is 20.0. The van der Waals surface area contributed by atoms with Crippen LogP contribution < -0.4 is 10.2 Å². The SMILES string of the molecule is CNC(=O)CN(CCC1CCN(c2cccc(C(F)(F)F)c2)CC1)C(=O)O. The van der Waals surface area contributed by atoms with Gasteiger partial charge in [-0.15, -0.1) is 0 Å². The van der Waals surface area contributed by atoms with Crippen molar-refractivity contribution in [1.29, 1.82) is 0 Å². The van der Waals surface area contributed by atoms with Crippen molar-refractivity contribution in [2.75, 3.05) is 38.1 Å². The third-order valence-corrected chi connectivity index (χ3v) is 4.84. The zero-order valence-corrected chi connectivity index (χ0v) is 15.1. The number of alkyl halides is 3. The maximum absolute atomic E-state index is 12.9. The van der Waals surface area contributed by atoms with Gasteiger partial charge < -0.3 is 15.3 Å². The Balaban J connectivity index is 1.86. The van der Waals surface area contributed by atoms with Gasteiger partial charge in [-0.25, -0.2) is 4.79 Å². The first-order valence-electron chi connectivity index (χ1n) is 8.81. The first-order valence-corrected chi connectivity index (χ1v) is 8.81. The Labute approximate surface area is 155 Å². The molecule has 150 valence electrons. The van der Waals surface area contributed by atoms with Crippen LogP contribution >= 0.6 is 0 Å². The molecule has 1 heterocycles. The molecule has 0 unspecified atom stereocenters. The molecular weight excluding hydrogens is 363 g/mol. The number of nitrogens with one attached hydrogen (secondary N) is 1. The van der Waals surface area contributed by atoms with Gasteiger partial charge in [0.1, 0.15) is 6.54 Å². The maximum atomic E-state index is 12.9. The smallest absolute Gasteiger partial charge is 0.416 e. The molecule has 0 saturated carbocycles. The second-order valence-electron chi connectivity index (χ2n) is 6.64. The van der Waals surface area contributed by atoms with E-state index in [4.69, 9.17) is 0 Å². The summed E-state index contributed by atoms with van der Waals surface area (Å²) in [4.78, 5) is 25.6. The topological polar surface area (TPSA) is 72.9 Å². The first kappa shape index (κ1) is 20.9. The standard InChI is InChI=1S/C18H24F3N3O3/c1-22-16(25)12-24(17(26)27)10-7-13-5-8-23(9-6-13)15-4-2-3-14(11-15)18(19,20)21/h2-4,11,13H,5-10,12H2,1H3,(H,22,25)(H,26,27). The molecule has 1 fully saturated rings. The van der Waals surface area contributed by atoms with Crippen molar-refractivity contribution in [2.45, 2.75) is 25.4 Å². The summed E-state index contributed by atoms with van der Waals surface area (Å²) >= 11 is 0. The molecule has 0 aliphatic carbocycles. The number of hydrogen-bond acceptors (Lipinski definition) is 3. The van der Waals surface area contributed by atoms with Crippen LogP contribution in [-0.4, -0.2) is 55.2 Å². The van der Waals surface area contributed by atoms with Crippen molar-refractivity contribution >= 4 is 17.7 Å². The van der Waals surface area contributed by atoms with E-state index >= 15 is 0 Å². The Bertz CT molecular complexity index is 659. The van der Waals surface area contributed by atoms with E-state index in [1.807, 2.05) is 4.90 Å². The molecule has 1 aliphatic rings. The zero-order valence-electron chi connectivity index (χ0n) is 15.1. The van der Waals surface area contributed by atoms with Crippen molar-refractivity contribution in [2.24, 2.45) is 5.92 Å². The number of rotatable bonds is 6. The Morgan fingerprint density at radius 2 is 1.96 bits per heavy atom. The monoisotopic (exact) mass is 387 g/mol. The number of carboxylic acid groups (broad SMARTS) is 1. The number of halogens is 3. The quantitative estimate of drug-likeness (QED) is 0.787. The van der Waals surface area contributed by atoms with E-state index in [0.717, 1.165) is 29.9 Å². The van der Waals surface area contributed by atoms with Crippen molar-refractivity contribution in [3.63, 3.8) is 0 Å². The Morgan fingerprint density at radius 1 is 1.30 bits per heavy atom. The largest absolute Gasteiger partial charge is 0.465 e. The molecule has 2 rings (SSSR count). The fraction of sp³-hybridized carbons (Fsp3) is 0.556. The Kier molecular flexibility index (Phi) is 6.92. The molecule has 9 heteroatoms. The average molecular weight is 387 g/mol. The van der Waals surface area contributed by atoms with Gasteiger partial charge in [0.15, 0.2) is 0 Å². The third-order valence-electron chi connectivity index (χ3n) is 4.84. The highest BCUT2D eigenvalue weighted by Crippen LogP contribution is 2.33. The summed E-state index contributed by atoms with van der Waals surface area (Å²) in [5.41, 5.74) is -0.108. The lowest BCUT2D eigenvalue weighted by atomic mass is 9.93. The summed E-state index contributed by atoms with van der Waals surface area (Å²) in [5.74, 6) is -0.0876. The van der Waals surface area contributed by atoms with Crippen molar-refractivity contribution in [1.82, 2.24) is 10.2 Å². The minimum atomic E-state index is -4.36. The molecule has 6 nitrogen and oxygen atoms in total. The summed E-state index contributed by atoms with van der Waals surface area (Å²) in [7, 11) is 1.45. The van der Waals surface area contributed by atoms with E-state index in [1.54, 1.807) is 6.07 Å². The molecule has 0 bridgehead atoms. The van der Waals surface area contributed by atoms with Gasteiger partial charge in [-0.1, -0.05) is 6.07 Å². The molecule has 0 spiro atoms. The number of anilines is 1. The lowest BCUT2D eigenvalue weighted by Gasteiger charge is -2.34. The van der Waals surface area contributed by atoms with Crippen LogP contribution in [0.3, 0.4) is 0 Å². The summed E-state index contributed by atoms with van der Waals surface area (Å²) in [6.45, 7) is 1.30. The fourth-order valence-electron chi connectivity index (χ4n) is 3.19. The van der Waals surface area contributed by atoms with Crippen LogP contribution in [0.4, 0.5) is 23.7 Å². The molecule has 1 aromatic rings. The highest BCUT2D eigenvalue weighted by Gasteiger charge is 2.31. The first-order chi connectivity index (χ1) is 12.7. The van der Waals surface area contributed by atoms with Gasteiger partial charge in [-0.2, -0.15) is 13.2 Å². The van der Waals surface area contributed by atoms with Crippen LogP contribution in [-0.2, 0) is 11.0 Å². The number of carbonyl (C=O) groups is 2. The second-order valence-corrected chi connectivity index (χ2v) is 6.64. The van der Waals surface area contributed by atoms with Gasteiger partial charge in [0.05, 0.1) is 5.56 Å². The lowest BCUT2D eigenvalue weighted by molar-refractivity contribution is -0.137. The van der Waals surface area contributed by atoms with Gasteiger partial charge in [0.25, 0.3) is 0 Å². The predicted molar refractivity (Wildman–Crippen MR) is 94.7 cm³/mol. The van der Waals surface area contributed by atoms with Gasteiger partial charge in [0.2, 0.25) is 5.91 Å². The van der Waals surface area contributed by atoms with E-state index in [2.05, 4.69) is 5.32 Å². The average Bonchev–Trinajstić information content (AvgIpc) is 2.64. The van der Waals surface area contributed by atoms with E-state index < -0.39 is 17.8 Å². The molecule has 1 aliphatic heterocycles. The highest BCUT2D eigenvalue weighted by molar-refractivity contribution is 5.81. The number of carbonyl (C=O) groups excluding carboxylic acids is 1. The molecule has 0 radical (unpaired) electrons. The van der Waals surface area contributed by atoms with Gasteiger partial charge in [0, 0.05) is 32.4 Å². The molecule has 2 amide bonds. The Morgan fingerprint density at radius 3 is 2.52 bits per heavy atom. The molecule has 1 saturated heterocycles. The molecule has 0 atom stereocenters. The summed E-state index contributed by atoms with van der Waals surface area (Å²) in [5, 5.41) is 11.6. The fourth-order valence-corrected chi connectivity index (χ4v) is 3.19. The van der Waals surface area contributed by atoms with Crippen molar-refractivity contribution in [3.8, 4) is 0 Å². The maximum Gasteiger partial charge on any atom is 0.416 e. The number of piperidine rings is 1. The predicted octanol–water partition coefficient (Wildman–Crippen LogP) is 3.04. The molecular formula is C18H24F3N3O3. The van der Waals surface area contributed by atoms with E-state index in [0.29, 0.717) is 25.2 Å². The minimum Gasteiger partial charge on any atom is -0.465 e. The van der Waals surface area contributed by atoms with Crippen LogP contribution in [0.25, 0.3) is 0 Å². The van der Waals surface area contributed by atoms with Gasteiger partial charge in [-0.3, -0.25) is 9.69 Å². The van der Waals surface area contributed by atoms with Crippen LogP contribution in [0, 0.1) is 5.92 Å². The van der Waals surface area contributed by atoms with Crippen molar-refractivity contribution < 1.29 is 27.9 Å². The summed E-state index contributed by atoms with van der Waals surface area (Å²) in [6, 6.07) is 5.30. The van der Waals surface area contributed by atoms with Gasteiger partial charge in [-0.05, 0) is 43.4 Å². The lowest BCUT2D eigenvalue weighted by Crippen LogP contribution is -2.41. The highest BCUT2D eigenvalue weighted by atomic mass is 19.4. The number of amides is 2. The molecule has 2 N–H and O–H groups in total. The Hall–Kier alpha value is -2.45. The van der Waals surface area contributed by atoms with E-state index in [9.17, 15) is 27.9 Å². The minimum absolute atomic E-state index is 0.199. The summed E-state index contributed by atoms with van der Waals surface area (Å²) < 4.78 is 38.6. The van der Waals surface area contributed by atoms with Crippen LogP contribution in [0.5, 0.6) is 0 Å².